The smallest absolute Gasteiger partial charge is 0.263 e. The minimum Gasteiger partial charge on any atom is -0.495 e. The number of ether oxygens (including phenoxy) is 1. The van der Waals surface area contributed by atoms with Crippen molar-refractivity contribution in [1.29, 1.82) is 0 Å². The maximum atomic E-state index is 13.2. The number of aromatic nitrogens is 2. The Morgan fingerprint density at radius 3 is 2.66 bits per heavy atom. The van der Waals surface area contributed by atoms with Gasteiger partial charge in [0, 0.05) is 30.4 Å². The lowest BCUT2D eigenvalue weighted by molar-refractivity contribution is -0.132. The van der Waals surface area contributed by atoms with E-state index in [1.54, 1.807) is 34.9 Å². The SMILES string of the molecule is COc1ccccc1NS(=O)(=O)c1cc(-c2nc(C)cs2)n(CC(=O)N2CCCCC2)c1. The van der Waals surface area contributed by atoms with E-state index in [1.165, 1.54) is 24.6 Å². The van der Waals surface area contributed by atoms with Gasteiger partial charge in [0.15, 0.2) is 0 Å². The molecule has 0 bridgehead atoms. The number of carbonyl (C=O) groups is 1. The van der Waals surface area contributed by atoms with Crippen LogP contribution in [0.1, 0.15) is 25.0 Å². The first kappa shape index (κ1) is 22.3. The second kappa shape index (κ2) is 9.33. The van der Waals surface area contributed by atoms with Crippen molar-refractivity contribution in [1.82, 2.24) is 14.5 Å². The number of nitrogens with zero attached hydrogens (tertiary/aromatic N) is 3. The van der Waals surface area contributed by atoms with Crippen LogP contribution < -0.4 is 9.46 Å². The van der Waals surface area contributed by atoms with Gasteiger partial charge < -0.3 is 14.2 Å². The lowest BCUT2D eigenvalue weighted by Crippen LogP contribution is -2.37. The van der Waals surface area contributed by atoms with Crippen molar-refractivity contribution in [2.24, 2.45) is 0 Å². The summed E-state index contributed by atoms with van der Waals surface area (Å²) in [6.45, 7) is 3.43. The van der Waals surface area contributed by atoms with E-state index in [2.05, 4.69) is 9.71 Å². The normalized spacial score (nSPS) is 14.4. The summed E-state index contributed by atoms with van der Waals surface area (Å²) in [4.78, 5) is 19.3. The van der Waals surface area contributed by atoms with Gasteiger partial charge >= 0.3 is 0 Å². The van der Waals surface area contributed by atoms with Gasteiger partial charge in [-0.3, -0.25) is 9.52 Å². The van der Waals surface area contributed by atoms with E-state index < -0.39 is 10.0 Å². The molecule has 1 aliphatic heterocycles. The minimum absolute atomic E-state index is 0.0172. The van der Waals surface area contributed by atoms with Gasteiger partial charge in [-0.25, -0.2) is 13.4 Å². The summed E-state index contributed by atoms with van der Waals surface area (Å²) in [5, 5.41) is 2.58. The number of hydrogen-bond donors (Lipinski definition) is 1. The number of likely N-dealkylation sites (tertiary alicyclic amines) is 1. The zero-order valence-corrected chi connectivity index (χ0v) is 19.7. The molecule has 0 radical (unpaired) electrons. The fourth-order valence-electron chi connectivity index (χ4n) is 3.73. The number of anilines is 1. The van der Waals surface area contributed by atoms with Gasteiger partial charge in [-0.2, -0.15) is 0 Å². The molecule has 0 atom stereocenters. The summed E-state index contributed by atoms with van der Waals surface area (Å²) in [7, 11) is -2.42. The van der Waals surface area contributed by atoms with Crippen LogP contribution in [0, 0.1) is 6.92 Å². The zero-order chi connectivity index (χ0) is 22.7. The third-order valence-electron chi connectivity index (χ3n) is 5.39. The highest BCUT2D eigenvalue weighted by atomic mass is 32.2. The molecule has 32 heavy (non-hydrogen) atoms. The molecular weight excluding hydrogens is 448 g/mol. The van der Waals surface area contributed by atoms with Gasteiger partial charge in [-0.1, -0.05) is 12.1 Å². The molecule has 1 aromatic carbocycles. The van der Waals surface area contributed by atoms with Gasteiger partial charge in [-0.15, -0.1) is 11.3 Å². The molecule has 1 aliphatic rings. The van der Waals surface area contributed by atoms with Crippen LogP contribution in [-0.2, 0) is 21.4 Å². The Morgan fingerprint density at radius 1 is 1.22 bits per heavy atom. The average molecular weight is 475 g/mol. The second-order valence-corrected chi connectivity index (χ2v) is 10.3. The van der Waals surface area contributed by atoms with Crippen molar-refractivity contribution in [2.75, 3.05) is 24.9 Å². The fraction of sp³-hybridized carbons (Fsp3) is 0.364. The summed E-state index contributed by atoms with van der Waals surface area (Å²) in [6, 6.07) is 8.39. The van der Waals surface area contributed by atoms with Crippen molar-refractivity contribution < 1.29 is 17.9 Å². The van der Waals surface area contributed by atoms with Crippen molar-refractivity contribution in [2.45, 2.75) is 37.6 Å². The first-order valence-electron chi connectivity index (χ1n) is 10.4. The van der Waals surface area contributed by atoms with Crippen LogP contribution in [0.15, 0.2) is 46.8 Å². The summed E-state index contributed by atoms with van der Waals surface area (Å²) in [5.74, 6) is 0.406. The Hall–Kier alpha value is -2.85. The quantitative estimate of drug-likeness (QED) is 0.563. The number of aryl methyl sites for hydroxylation is 1. The number of methoxy groups -OCH3 is 1. The van der Waals surface area contributed by atoms with Crippen molar-refractivity contribution >= 4 is 33.0 Å². The number of sulfonamides is 1. The van der Waals surface area contributed by atoms with Crippen molar-refractivity contribution in [3.05, 3.63) is 47.6 Å². The van der Waals surface area contributed by atoms with Crippen LogP contribution in [0.2, 0.25) is 0 Å². The lowest BCUT2D eigenvalue weighted by Gasteiger charge is -2.27. The van der Waals surface area contributed by atoms with Crippen LogP contribution in [-0.4, -0.2) is 49.0 Å². The van der Waals surface area contributed by atoms with E-state index in [0.29, 0.717) is 22.1 Å². The Morgan fingerprint density at radius 2 is 1.97 bits per heavy atom. The first-order valence-corrected chi connectivity index (χ1v) is 12.8. The topological polar surface area (TPSA) is 93.5 Å². The van der Waals surface area contributed by atoms with E-state index in [0.717, 1.165) is 38.0 Å². The van der Waals surface area contributed by atoms with E-state index in [9.17, 15) is 13.2 Å². The number of piperidine rings is 1. The number of benzene rings is 1. The maximum Gasteiger partial charge on any atom is 0.263 e. The number of thiazole rings is 1. The first-order chi connectivity index (χ1) is 15.4. The Bertz CT molecular complexity index is 1210. The Kier molecular flexibility index (Phi) is 6.52. The van der Waals surface area contributed by atoms with Crippen LogP contribution in [0.4, 0.5) is 5.69 Å². The van der Waals surface area contributed by atoms with Crippen LogP contribution in [0.5, 0.6) is 5.75 Å². The van der Waals surface area contributed by atoms with Gasteiger partial charge in [0.2, 0.25) is 5.91 Å². The number of nitrogens with one attached hydrogen (secondary N) is 1. The number of hydrogen-bond acceptors (Lipinski definition) is 6. The molecule has 0 spiro atoms. The van der Waals surface area contributed by atoms with Gasteiger partial charge in [0.25, 0.3) is 10.0 Å². The summed E-state index contributed by atoms with van der Waals surface area (Å²) < 4.78 is 35.9. The molecule has 1 amide bonds. The molecular formula is C22H26N4O4S2. The number of carbonyl (C=O) groups excluding carboxylic acids is 1. The fourth-order valence-corrected chi connectivity index (χ4v) is 5.67. The van der Waals surface area contributed by atoms with E-state index >= 15 is 0 Å². The van der Waals surface area contributed by atoms with Gasteiger partial charge in [0.05, 0.1) is 18.5 Å². The number of amides is 1. The molecule has 8 nitrogen and oxygen atoms in total. The second-order valence-electron chi connectivity index (χ2n) is 7.73. The molecule has 4 rings (SSSR count). The Balaban J connectivity index is 1.67. The monoisotopic (exact) mass is 474 g/mol. The standard InChI is InChI=1S/C22H26N4O4S2/c1-16-15-31-22(23-16)19-12-17(13-26(19)14-21(27)25-10-6-3-7-11-25)32(28,29)24-18-8-4-5-9-20(18)30-2/h4-5,8-9,12-13,15,24H,3,6-7,10-11,14H2,1-2H3. The molecule has 0 aliphatic carbocycles. The van der Waals surface area contributed by atoms with Crippen molar-refractivity contribution in [3.63, 3.8) is 0 Å². The third-order valence-corrected chi connectivity index (χ3v) is 7.70. The molecule has 0 saturated carbocycles. The van der Waals surface area contributed by atoms with Crippen LogP contribution >= 0.6 is 11.3 Å². The van der Waals surface area contributed by atoms with Crippen LogP contribution in [0.3, 0.4) is 0 Å². The van der Waals surface area contributed by atoms with E-state index in [4.69, 9.17) is 4.74 Å². The predicted molar refractivity (Wildman–Crippen MR) is 125 cm³/mol. The van der Waals surface area contributed by atoms with Gasteiger partial charge in [0.1, 0.15) is 22.2 Å². The highest BCUT2D eigenvalue weighted by Gasteiger charge is 2.24. The molecule has 1 saturated heterocycles. The molecule has 1 fully saturated rings. The molecule has 3 aromatic rings. The Labute approximate surface area is 191 Å². The number of para-hydroxylation sites is 2. The predicted octanol–water partition coefficient (Wildman–Crippen LogP) is 3.74. The highest BCUT2D eigenvalue weighted by molar-refractivity contribution is 7.92. The third kappa shape index (κ3) is 4.81. The van der Waals surface area contributed by atoms with Gasteiger partial charge in [-0.05, 0) is 44.4 Å². The zero-order valence-electron chi connectivity index (χ0n) is 18.1. The van der Waals surface area contributed by atoms with Crippen molar-refractivity contribution in [3.8, 4) is 16.5 Å². The minimum atomic E-state index is -3.91. The lowest BCUT2D eigenvalue weighted by atomic mass is 10.1. The van der Waals surface area contributed by atoms with E-state index in [-0.39, 0.29) is 17.3 Å². The molecule has 1 N–H and O–H groups in total. The number of rotatable bonds is 7. The highest BCUT2D eigenvalue weighted by Crippen LogP contribution is 2.31. The molecule has 2 aromatic heterocycles. The summed E-state index contributed by atoms with van der Waals surface area (Å²) in [6.07, 6.45) is 4.64. The molecule has 170 valence electrons. The summed E-state index contributed by atoms with van der Waals surface area (Å²) >= 11 is 1.42. The van der Waals surface area contributed by atoms with E-state index in [1.807, 2.05) is 17.2 Å². The molecule has 0 unspecified atom stereocenters. The summed E-state index contributed by atoms with van der Waals surface area (Å²) in [5.41, 5.74) is 1.80. The van der Waals surface area contributed by atoms with Crippen LogP contribution in [0.25, 0.3) is 10.7 Å². The average Bonchev–Trinajstić information content (AvgIpc) is 3.41. The molecule has 10 heteroatoms. The maximum absolute atomic E-state index is 13.2. The molecule has 3 heterocycles. The largest absolute Gasteiger partial charge is 0.495 e.